The smallest absolute Gasteiger partial charge is 0.407 e. The van der Waals surface area contributed by atoms with E-state index in [0.717, 1.165) is 16.9 Å². The molecular formula is C13H19NO4. The van der Waals surface area contributed by atoms with Gasteiger partial charge in [-0.05, 0) is 31.5 Å². The Bertz CT molecular complexity index is 418. The van der Waals surface area contributed by atoms with Gasteiger partial charge in [0.1, 0.15) is 11.5 Å². The topological polar surface area (TPSA) is 56.8 Å². The average molecular weight is 253 g/mol. The van der Waals surface area contributed by atoms with Gasteiger partial charge in [0.05, 0.1) is 20.8 Å². The van der Waals surface area contributed by atoms with E-state index in [1.807, 2.05) is 19.1 Å². The second-order valence-electron chi connectivity index (χ2n) is 3.71. The van der Waals surface area contributed by atoms with E-state index in [4.69, 9.17) is 14.2 Å². The van der Waals surface area contributed by atoms with Crippen LogP contribution in [0.15, 0.2) is 12.1 Å². The van der Waals surface area contributed by atoms with Crippen LogP contribution in [-0.2, 0) is 11.3 Å². The number of hydrogen-bond donors (Lipinski definition) is 1. The van der Waals surface area contributed by atoms with Crippen molar-refractivity contribution in [2.24, 2.45) is 0 Å². The first kappa shape index (κ1) is 14.2. The summed E-state index contributed by atoms with van der Waals surface area (Å²) < 4.78 is 15.3. The highest BCUT2D eigenvalue weighted by atomic mass is 16.5. The largest absolute Gasteiger partial charge is 0.496 e. The number of carbonyl (C=O) groups is 1. The molecule has 5 heteroatoms. The number of amides is 1. The fourth-order valence-corrected chi connectivity index (χ4v) is 1.60. The van der Waals surface area contributed by atoms with Crippen molar-refractivity contribution in [1.29, 1.82) is 0 Å². The van der Waals surface area contributed by atoms with E-state index in [1.165, 1.54) is 0 Å². The summed E-state index contributed by atoms with van der Waals surface area (Å²) in [5.74, 6) is 1.47. The van der Waals surface area contributed by atoms with Gasteiger partial charge in [0.2, 0.25) is 0 Å². The Labute approximate surface area is 107 Å². The van der Waals surface area contributed by atoms with Crippen molar-refractivity contribution in [1.82, 2.24) is 5.32 Å². The normalized spacial score (nSPS) is 9.78. The lowest BCUT2D eigenvalue weighted by molar-refractivity contribution is 0.151. The van der Waals surface area contributed by atoms with Crippen molar-refractivity contribution in [3.05, 3.63) is 23.3 Å². The van der Waals surface area contributed by atoms with Gasteiger partial charge in [-0.2, -0.15) is 0 Å². The summed E-state index contributed by atoms with van der Waals surface area (Å²) in [6, 6.07) is 3.72. The summed E-state index contributed by atoms with van der Waals surface area (Å²) in [7, 11) is 3.20. The molecule has 5 nitrogen and oxygen atoms in total. The predicted molar refractivity (Wildman–Crippen MR) is 68.1 cm³/mol. The van der Waals surface area contributed by atoms with Crippen molar-refractivity contribution in [3.63, 3.8) is 0 Å². The zero-order chi connectivity index (χ0) is 13.5. The second kappa shape index (κ2) is 6.74. The highest BCUT2D eigenvalue weighted by Crippen LogP contribution is 2.28. The lowest BCUT2D eigenvalue weighted by Crippen LogP contribution is -2.23. The van der Waals surface area contributed by atoms with Crippen LogP contribution < -0.4 is 14.8 Å². The zero-order valence-electron chi connectivity index (χ0n) is 11.2. The molecule has 0 bridgehead atoms. The number of rotatable bonds is 5. The minimum absolute atomic E-state index is 0.332. The second-order valence-corrected chi connectivity index (χ2v) is 3.71. The van der Waals surface area contributed by atoms with Crippen LogP contribution in [0.3, 0.4) is 0 Å². The van der Waals surface area contributed by atoms with Gasteiger partial charge in [-0.15, -0.1) is 0 Å². The summed E-state index contributed by atoms with van der Waals surface area (Å²) in [5, 5.41) is 2.65. The third kappa shape index (κ3) is 3.55. The van der Waals surface area contributed by atoms with Crippen LogP contribution in [0.4, 0.5) is 4.79 Å². The molecule has 1 rings (SSSR count). The summed E-state index contributed by atoms with van der Waals surface area (Å²) >= 11 is 0. The lowest BCUT2D eigenvalue weighted by Gasteiger charge is -2.13. The zero-order valence-corrected chi connectivity index (χ0v) is 11.2. The monoisotopic (exact) mass is 253 g/mol. The minimum atomic E-state index is -0.445. The van der Waals surface area contributed by atoms with Gasteiger partial charge in [-0.25, -0.2) is 4.79 Å². The molecule has 0 spiro atoms. The molecule has 1 N–H and O–H groups in total. The Balaban J connectivity index is 2.83. The fraction of sp³-hybridized carbons (Fsp3) is 0.462. The van der Waals surface area contributed by atoms with Crippen molar-refractivity contribution in [2.45, 2.75) is 20.4 Å². The van der Waals surface area contributed by atoms with Crippen LogP contribution in [0, 0.1) is 6.92 Å². The number of hydrogen-bond acceptors (Lipinski definition) is 4. The van der Waals surface area contributed by atoms with Crippen LogP contribution in [0.2, 0.25) is 0 Å². The Hall–Kier alpha value is -1.91. The molecule has 0 aliphatic carbocycles. The summed E-state index contributed by atoms with van der Waals surface area (Å²) in [6.07, 6.45) is -0.445. The first-order chi connectivity index (χ1) is 8.62. The molecule has 0 saturated carbocycles. The first-order valence-corrected chi connectivity index (χ1v) is 5.74. The van der Waals surface area contributed by atoms with Crippen LogP contribution in [0.25, 0.3) is 0 Å². The standard InChI is InChI=1S/C13H19NO4/c1-5-18-13(15)14-8-10-7-11(16-3)9(2)6-12(10)17-4/h6-7H,5,8H2,1-4H3,(H,14,15). The molecule has 0 heterocycles. The molecule has 1 aromatic rings. The number of ether oxygens (including phenoxy) is 3. The number of carbonyl (C=O) groups excluding carboxylic acids is 1. The predicted octanol–water partition coefficient (Wildman–Crippen LogP) is 2.26. The quantitative estimate of drug-likeness (QED) is 0.874. The van der Waals surface area contributed by atoms with Gasteiger partial charge in [0.15, 0.2) is 0 Å². The van der Waals surface area contributed by atoms with Crippen molar-refractivity contribution in [3.8, 4) is 11.5 Å². The molecule has 18 heavy (non-hydrogen) atoms. The molecule has 0 aliphatic heterocycles. The highest BCUT2D eigenvalue weighted by molar-refractivity contribution is 5.67. The SMILES string of the molecule is CCOC(=O)NCc1cc(OC)c(C)cc1OC. The van der Waals surface area contributed by atoms with Gasteiger partial charge < -0.3 is 19.5 Å². The van der Waals surface area contributed by atoms with E-state index in [2.05, 4.69) is 5.32 Å². The molecule has 0 saturated heterocycles. The van der Waals surface area contributed by atoms with Crippen LogP contribution >= 0.6 is 0 Å². The van der Waals surface area contributed by atoms with E-state index in [-0.39, 0.29) is 0 Å². The maximum atomic E-state index is 11.2. The molecule has 0 radical (unpaired) electrons. The molecule has 0 aromatic heterocycles. The molecular weight excluding hydrogens is 234 g/mol. The third-order valence-electron chi connectivity index (χ3n) is 2.50. The molecule has 0 aliphatic rings. The van der Waals surface area contributed by atoms with Crippen LogP contribution in [0.1, 0.15) is 18.1 Å². The molecule has 0 unspecified atom stereocenters. The van der Waals surface area contributed by atoms with Crippen molar-refractivity contribution < 1.29 is 19.0 Å². The van der Waals surface area contributed by atoms with Gasteiger partial charge in [0, 0.05) is 12.1 Å². The lowest BCUT2D eigenvalue weighted by atomic mass is 10.1. The van der Waals surface area contributed by atoms with E-state index in [1.54, 1.807) is 21.1 Å². The summed E-state index contributed by atoms with van der Waals surface area (Å²) in [6.45, 7) is 4.37. The summed E-state index contributed by atoms with van der Waals surface area (Å²) in [5.41, 5.74) is 1.82. The first-order valence-electron chi connectivity index (χ1n) is 5.74. The molecule has 0 atom stereocenters. The van der Waals surface area contributed by atoms with Crippen LogP contribution in [0.5, 0.6) is 11.5 Å². The van der Waals surface area contributed by atoms with Crippen LogP contribution in [-0.4, -0.2) is 26.9 Å². The molecule has 1 aromatic carbocycles. The molecule has 100 valence electrons. The number of nitrogens with one attached hydrogen (secondary N) is 1. The van der Waals surface area contributed by atoms with Gasteiger partial charge in [-0.3, -0.25) is 0 Å². The Morgan fingerprint density at radius 3 is 2.44 bits per heavy atom. The summed E-state index contributed by atoms with van der Waals surface area (Å²) in [4.78, 5) is 11.2. The highest BCUT2D eigenvalue weighted by Gasteiger charge is 2.10. The Kier molecular flexibility index (Phi) is 5.30. The van der Waals surface area contributed by atoms with E-state index < -0.39 is 6.09 Å². The van der Waals surface area contributed by atoms with Gasteiger partial charge >= 0.3 is 6.09 Å². The van der Waals surface area contributed by atoms with Crippen molar-refractivity contribution >= 4 is 6.09 Å². The number of alkyl carbamates (subject to hydrolysis) is 1. The Morgan fingerprint density at radius 2 is 1.89 bits per heavy atom. The van der Waals surface area contributed by atoms with E-state index >= 15 is 0 Å². The number of benzene rings is 1. The molecule has 1 amide bonds. The average Bonchev–Trinajstić information content (AvgIpc) is 2.37. The van der Waals surface area contributed by atoms with Gasteiger partial charge in [-0.1, -0.05) is 0 Å². The third-order valence-corrected chi connectivity index (χ3v) is 2.50. The van der Waals surface area contributed by atoms with Crippen molar-refractivity contribution in [2.75, 3.05) is 20.8 Å². The maximum absolute atomic E-state index is 11.2. The van der Waals surface area contributed by atoms with E-state index in [9.17, 15) is 4.79 Å². The van der Waals surface area contributed by atoms with E-state index in [0.29, 0.717) is 18.9 Å². The minimum Gasteiger partial charge on any atom is -0.496 e. The fourth-order valence-electron chi connectivity index (χ4n) is 1.60. The Morgan fingerprint density at radius 1 is 1.22 bits per heavy atom. The maximum Gasteiger partial charge on any atom is 0.407 e. The molecule has 0 fully saturated rings. The number of methoxy groups -OCH3 is 2. The van der Waals surface area contributed by atoms with Gasteiger partial charge in [0.25, 0.3) is 0 Å². The number of aryl methyl sites for hydroxylation is 1.